The number of halogens is 1. The summed E-state index contributed by atoms with van der Waals surface area (Å²) in [6.45, 7) is 10.2. The second-order valence-electron chi connectivity index (χ2n) is 4.49. The van der Waals surface area contributed by atoms with Gasteiger partial charge in [0, 0.05) is 4.88 Å². The van der Waals surface area contributed by atoms with E-state index in [4.69, 9.17) is 4.74 Å². The number of thiophene rings is 1. The van der Waals surface area contributed by atoms with Crippen molar-refractivity contribution in [1.29, 1.82) is 0 Å². The zero-order valence-corrected chi connectivity index (χ0v) is 13.5. The Bertz CT molecular complexity index is 319. The molecule has 0 aliphatic heterocycles. The third-order valence-electron chi connectivity index (χ3n) is 2.46. The summed E-state index contributed by atoms with van der Waals surface area (Å²) in [5.74, 6) is 0. The molecule has 1 unspecified atom stereocenters. The van der Waals surface area contributed by atoms with Crippen molar-refractivity contribution in [2.24, 2.45) is 0 Å². The van der Waals surface area contributed by atoms with E-state index >= 15 is 0 Å². The number of hydrogen-bond acceptors (Lipinski definition) is 3. The normalized spacial score (nSPS) is 13.3. The zero-order chi connectivity index (χ0) is 12.8. The topological polar surface area (TPSA) is 21.3 Å². The van der Waals surface area contributed by atoms with Gasteiger partial charge in [-0.15, -0.1) is 11.3 Å². The smallest absolute Gasteiger partial charge is 0.0731 e. The van der Waals surface area contributed by atoms with E-state index in [0.717, 1.165) is 19.6 Å². The van der Waals surface area contributed by atoms with Crippen molar-refractivity contribution in [2.45, 2.75) is 46.3 Å². The fraction of sp³-hybridized carbons (Fsp3) is 0.692. The first-order chi connectivity index (χ1) is 8.04. The second-order valence-corrected chi connectivity index (χ2v) is 6.90. The first-order valence-electron chi connectivity index (χ1n) is 6.15. The first kappa shape index (κ1) is 15.2. The van der Waals surface area contributed by atoms with E-state index in [1.807, 2.05) is 0 Å². The van der Waals surface area contributed by atoms with Crippen molar-refractivity contribution in [3.8, 4) is 0 Å². The third-order valence-corrected chi connectivity index (χ3v) is 4.71. The largest absolute Gasteiger partial charge is 0.377 e. The van der Waals surface area contributed by atoms with E-state index in [9.17, 15) is 0 Å². The molecule has 0 fully saturated rings. The van der Waals surface area contributed by atoms with Gasteiger partial charge in [-0.1, -0.05) is 6.92 Å². The molecule has 4 heteroatoms. The Morgan fingerprint density at radius 2 is 2.18 bits per heavy atom. The van der Waals surface area contributed by atoms with Crippen LogP contribution in [0.1, 0.15) is 43.7 Å². The number of rotatable bonds is 7. The van der Waals surface area contributed by atoms with Crippen LogP contribution >= 0.6 is 27.3 Å². The van der Waals surface area contributed by atoms with Crippen LogP contribution in [0.25, 0.3) is 0 Å². The highest BCUT2D eigenvalue weighted by atomic mass is 79.9. The molecular weight excluding hydrogens is 298 g/mol. The molecule has 1 aromatic rings. The van der Waals surface area contributed by atoms with Gasteiger partial charge in [0.1, 0.15) is 0 Å². The van der Waals surface area contributed by atoms with Crippen molar-refractivity contribution in [1.82, 2.24) is 5.32 Å². The van der Waals surface area contributed by atoms with Crippen LogP contribution in [0.2, 0.25) is 0 Å². The Morgan fingerprint density at radius 1 is 1.47 bits per heavy atom. The zero-order valence-electron chi connectivity index (χ0n) is 11.0. The molecule has 1 atom stereocenters. The quantitative estimate of drug-likeness (QED) is 0.809. The average Bonchev–Trinajstić information content (AvgIpc) is 2.59. The van der Waals surface area contributed by atoms with E-state index < -0.39 is 0 Å². The SMILES string of the molecule is CCCNC(COC(C)C)c1cc(C)c(Br)s1. The predicted molar refractivity (Wildman–Crippen MR) is 78.9 cm³/mol. The van der Waals surface area contributed by atoms with Crippen LogP contribution in [0.4, 0.5) is 0 Å². The Morgan fingerprint density at radius 3 is 2.65 bits per heavy atom. The monoisotopic (exact) mass is 319 g/mol. The molecule has 0 saturated carbocycles. The van der Waals surface area contributed by atoms with Gasteiger partial charge in [0.15, 0.2) is 0 Å². The Labute approximate surface area is 117 Å². The fourth-order valence-corrected chi connectivity index (χ4v) is 3.14. The lowest BCUT2D eigenvalue weighted by Crippen LogP contribution is -2.26. The summed E-state index contributed by atoms with van der Waals surface area (Å²) in [7, 11) is 0. The molecule has 0 aromatic carbocycles. The molecule has 0 aliphatic carbocycles. The van der Waals surface area contributed by atoms with Crippen molar-refractivity contribution < 1.29 is 4.74 Å². The maximum Gasteiger partial charge on any atom is 0.0731 e. The standard InChI is InChI=1S/C13H22BrNOS/c1-5-6-15-11(8-16-9(2)3)12-7-10(4)13(14)17-12/h7,9,11,15H,5-6,8H2,1-4H3. The molecule has 98 valence electrons. The maximum absolute atomic E-state index is 5.73. The summed E-state index contributed by atoms with van der Waals surface area (Å²) < 4.78 is 6.96. The second kappa shape index (κ2) is 7.52. The number of aryl methyl sites for hydroxylation is 1. The van der Waals surface area contributed by atoms with Gasteiger partial charge in [0.05, 0.1) is 22.5 Å². The Hall–Kier alpha value is 0.1000. The molecule has 1 N–H and O–H groups in total. The molecule has 1 aromatic heterocycles. The van der Waals surface area contributed by atoms with Gasteiger partial charge in [-0.25, -0.2) is 0 Å². The van der Waals surface area contributed by atoms with Crippen LogP contribution in [0.15, 0.2) is 9.85 Å². The molecule has 2 nitrogen and oxygen atoms in total. The Kier molecular flexibility index (Phi) is 6.70. The van der Waals surface area contributed by atoms with Gasteiger partial charge in [-0.05, 0) is 61.3 Å². The van der Waals surface area contributed by atoms with E-state index in [2.05, 4.69) is 55.0 Å². The highest BCUT2D eigenvalue weighted by Crippen LogP contribution is 2.31. The molecule has 17 heavy (non-hydrogen) atoms. The van der Waals surface area contributed by atoms with Crippen molar-refractivity contribution in [3.63, 3.8) is 0 Å². The highest BCUT2D eigenvalue weighted by molar-refractivity contribution is 9.11. The van der Waals surface area contributed by atoms with Crippen molar-refractivity contribution >= 4 is 27.3 Å². The van der Waals surface area contributed by atoms with Crippen LogP contribution in [0, 0.1) is 6.92 Å². The number of hydrogen-bond donors (Lipinski definition) is 1. The van der Waals surface area contributed by atoms with E-state index in [-0.39, 0.29) is 6.10 Å². The summed E-state index contributed by atoms with van der Waals surface area (Å²) in [5.41, 5.74) is 1.30. The summed E-state index contributed by atoms with van der Waals surface area (Å²) in [4.78, 5) is 1.35. The Balaban J connectivity index is 2.67. The minimum absolute atomic E-state index is 0.283. The van der Waals surface area contributed by atoms with Crippen LogP contribution in [0.3, 0.4) is 0 Å². The first-order valence-corrected chi connectivity index (χ1v) is 7.76. The van der Waals surface area contributed by atoms with Crippen molar-refractivity contribution in [3.05, 3.63) is 20.3 Å². The molecule has 0 spiro atoms. The minimum Gasteiger partial charge on any atom is -0.377 e. The van der Waals surface area contributed by atoms with Gasteiger partial charge < -0.3 is 10.1 Å². The molecule has 0 bridgehead atoms. The molecule has 0 radical (unpaired) electrons. The van der Waals surface area contributed by atoms with Crippen LogP contribution in [-0.4, -0.2) is 19.3 Å². The molecule has 1 heterocycles. The molecule has 0 aliphatic rings. The van der Waals surface area contributed by atoms with Crippen LogP contribution in [0.5, 0.6) is 0 Å². The summed E-state index contributed by atoms with van der Waals surface area (Å²) in [6, 6.07) is 2.55. The number of ether oxygens (including phenoxy) is 1. The van der Waals surface area contributed by atoms with Crippen LogP contribution < -0.4 is 5.32 Å². The van der Waals surface area contributed by atoms with Gasteiger partial charge in [-0.3, -0.25) is 0 Å². The molecule has 0 saturated heterocycles. The van der Waals surface area contributed by atoms with E-state index in [1.165, 1.54) is 14.2 Å². The summed E-state index contributed by atoms with van der Waals surface area (Å²) in [6.07, 6.45) is 1.43. The van der Waals surface area contributed by atoms with E-state index in [1.54, 1.807) is 11.3 Å². The predicted octanol–water partition coefficient (Wildman–Crippen LogP) is 4.28. The van der Waals surface area contributed by atoms with Gasteiger partial charge >= 0.3 is 0 Å². The molecule has 1 rings (SSSR count). The van der Waals surface area contributed by atoms with Gasteiger partial charge in [0.25, 0.3) is 0 Å². The van der Waals surface area contributed by atoms with Gasteiger partial charge in [-0.2, -0.15) is 0 Å². The van der Waals surface area contributed by atoms with Crippen molar-refractivity contribution in [2.75, 3.05) is 13.2 Å². The lowest BCUT2D eigenvalue weighted by atomic mass is 10.2. The summed E-state index contributed by atoms with van der Waals surface area (Å²) in [5, 5.41) is 3.55. The maximum atomic E-state index is 5.73. The van der Waals surface area contributed by atoms with Crippen LogP contribution in [-0.2, 0) is 4.74 Å². The molecule has 0 amide bonds. The summed E-state index contributed by atoms with van der Waals surface area (Å²) >= 11 is 5.38. The van der Waals surface area contributed by atoms with E-state index in [0.29, 0.717) is 6.04 Å². The lowest BCUT2D eigenvalue weighted by Gasteiger charge is -2.18. The highest BCUT2D eigenvalue weighted by Gasteiger charge is 2.15. The van der Waals surface area contributed by atoms with Gasteiger partial charge in [0.2, 0.25) is 0 Å². The lowest BCUT2D eigenvalue weighted by molar-refractivity contribution is 0.0618. The number of nitrogens with one attached hydrogen (secondary N) is 1. The minimum atomic E-state index is 0.283. The third kappa shape index (κ3) is 5.08. The fourth-order valence-electron chi connectivity index (χ4n) is 1.50. The molecular formula is C13H22BrNOS. The average molecular weight is 320 g/mol.